The van der Waals surface area contributed by atoms with Gasteiger partial charge in [0.25, 0.3) is 0 Å². The number of carbonyl (C=O) groups excluding carboxylic acids is 1. The largest absolute Gasteiger partial charge is 0.460 e. The lowest BCUT2D eigenvalue weighted by Crippen LogP contribution is -2.32. The van der Waals surface area contributed by atoms with Crippen LogP contribution in [0.3, 0.4) is 0 Å². The van der Waals surface area contributed by atoms with Crippen LogP contribution in [0.25, 0.3) is 0 Å². The average molecular weight is 132 g/mol. The number of carbonyl (C=O) groups is 1. The maximum absolute atomic E-state index is 10.2. The first kappa shape index (κ1) is 8.39. The zero-order valence-electron chi connectivity index (χ0n) is 5.46. The summed E-state index contributed by atoms with van der Waals surface area (Å²) in [6.45, 7) is 1.91. The van der Waals surface area contributed by atoms with Crippen molar-refractivity contribution in [1.29, 1.82) is 0 Å². The van der Waals surface area contributed by atoms with Crippen LogP contribution in [0.2, 0.25) is 0 Å². The number of esters is 1. The molecule has 0 spiro atoms. The maximum Gasteiger partial charge on any atom is 0.302 e. The third kappa shape index (κ3) is 3.93. The predicted octanol–water partition coefficient (Wildman–Crippen LogP) is -1.16. The molecule has 0 aromatic rings. The molecule has 0 radical (unpaired) electrons. The van der Waals surface area contributed by atoms with E-state index in [4.69, 9.17) is 11.5 Å². The molecular weight excluding hydrogens is 120 g/mol. The third-order valence-electron chi connectivity index (χ3n) is 0.858. The number of hydrogen-bond donors (Lipinski definition) is 2. The minimum absolute atomic E-state index is 0.288. The van der Waals surface area contributed by atoms with Gasteiger partial charge in [-0.05, 0) is 0 Å². The van der Waals surface area contributed by atoms with Crippen molar-refractivity contribution >= 4 is 5.97 Å². The van der Waals surface area contributed by atoms with E-state index in [0.29, 0.717) is 0 Å². The Balaban J connectivity index is 3.43. The summed E-state index contributed by atoms with van der Waals surface area (Å²) in [6.07, 6.45) is -0.317. The molecule has 0 heterocycles. The van der Waals surface area contributed by atoms with Gasteiger partial charge in [0.05, 0.1) is 0 Å². The second-order valence-corrected chi connectivity index (χ2v) is 1.70. The monoisotopic (exact) mass is 132 g/mol. The third-order valence-corrected chi connectivity index (χ3v) is 0.858. The maximum atomic E-state index is 10.2. The number of hydrogen-bond acceptors (Lipinski definition) is 4. The highest BCUT2D eigenvalue weighted by Gasteiger charge is 2.05. The van der Waals surface area contributed by atoms with Crippen LogP contribution in [0.5, 0.6) is 0 Å². The predicted molar refractivity (Wildman–Crippen MR) is 33.7 cm³/mol. The van der Waals surface area contributed by atoms with Crippen LogP contribution in [0.1, 0.15) is 6.92 Å². The van der Waals surface area contributed by atoms with E-state index in [9.17, 15) is 4.79 Å². The van der Waals surface area contributed by atoms with Gasteiger partial charge < -0.3 is 16.2 Å². The molecule has 0 bridgehead atoms. The first-order chi connectivity index (χ1) is 4.20. The van der Waals surface area contributed by atoms with Crippen molar-refractivity contribution in [3.63, 3.8) is 0 Å². The van der Waals surface area contributed by atoms with Crippen LogP contribution >= 0.6 is 0 Å². The van der Waals surface area contributed by atoms with Crippen LogP contribution in [-0.2, 0) is 9.53 Å². The second kappa shape index (κ2) is 4.29. The Bertz CT molecular complexity index is 91.0. The fourth-order valence-electron chi connectivity index (χ4n) is 0.427. The van der Waals surface area contributed by atoms with Crippen molar-refractivity contribution in [3.05, 3.63) is 0 Å². The van der Waals surface area contributed by atoms with Crippen LogP contribution in [0.15, 0.2) is 0 Å². The smallest absolute Gasteiger partial charge is 0.302 e. The Kier molecular flexibility index (Phi) is 4.00. The molecule has 4 heteroatoms. The van der Waals surface area contributed by atoms with Gasteiger partial charge in [-0.2, -0.15) is 0 Å². The molecule has 0 aromatic heterocycles. The van der Waals surface area contributed by atoms with Gasteiger partial charge in [0.15, 0.2) is 0 Å². The van der Waals surface area contributed by atoms with Gasteiger partial charge in [0.2, 0.25) is 0 Å². The molecule has 0 atom stereocenters. The normalized spacial score (nSPS) is 9.78. The highest BCUT2D eigenvalue weighted by molar-refractivity contribution is 5.66. The van der Waals surface area contributed by atoms with E-state index in [-0.39, 0.29) is 25.2 Å². The summed E-state index contributed by atoms with van der Waals surface area (Å²) in [4.78, 5) is 10.2. The van der Waals surface area contributed by atoms with Crippen LogP contribution in [0, 0.1) is 0 Å². The Morgan fingerprint density at radius 3 is 2.11 bits per heavy atom. The topological polar surface area (TPSA) is 78.3 Å². The summed E-state index contributed by atoms with van der Waals surface area (Å²) in [5.41, 5.74) is 10.3. The van der Waals surface area contributed by atoms with Crippen molar-refractivity contribution in [2.75, 3.05) is 13.1 Å². The van der Waals surface area contributed by atoms with E-state index in [2.05, 4.69) is 4.74 Å². The summed E-state index contributed by atoms with van der Waals surface area (Å²) in [5.74, 6) is -0.337. The van der Waals surface area contributed by atoms with Gasteiger partial charge in [-0.25, -0.2) is 0 Å². The van der Waals surface area contributed by atoms with E-state index < -0.39 is 0 Å². The highest BCUT2D eigenvalue weighted by Crippen LogP contribution is 1.85. The lowest BCUT2D eigenvalue weighted by atomic mass is 10.4. The molecular formula is C5H12N2O2. The van der Waals surface area contributed by atoms with E-state index in [1.165, 1.54) is 6.92 Å². The number of ether oxygens (including phenoxy) is 1. The van der Waals surface area contributed by atoms with Crippen LogP contribution in [0.4, 0.5) is 0 Å². The quantitative estimate of drug-likeness (QED) is 0.474. The standard InChI is InChI=1S/C5H12N2O2/c1-4(8)9-5(2-6)3-7/h5H,2-3,6-7H2,1H3. The van der Waals surface area contributed by atoms with Gasteiger partial charge in [0.1, 0.15) is 6.10 Å². The van der Waals surface area contributed by atoms with Crippen molar-refractivity contribution in [3.8, 4) is 0 Å². The fourth-order valence-corrected chi connectivity index (χ4v) is 0.427. The van der Waals surface area contributed by atoms with Crippen molar-refractivity contribution < 1.29 is 9.53 Å². The lowest BCUT2D eigenvalue weighted by molar-refractivity contribution is -0.145. The zero-order chi connectivity index (χ0) is 7.28. The molecule has 4 N–H and O–H groups in total. The number of nitrogens with two attached hydrogens (primary N) is 2. The van der Waals surface area contributed by atoms with Gasteiger partial charge in [0, 0.05) is 20.0 Å². The zero-order valence-corrected chi connectivity index (χ0v) is 5.46. The molecule has 0 unspecified atom stereocenters. The molecule has 0 aliphatic heterocycles. The Morgan fingerprint density at radius 2 is 2.00 bits per heavy atom. The molecule has 0 saturated heterocycles. The van der Waals surface area contributed by atoms with E-state index in [1.807, 2.05) is 0 Å². The molecule has 0 aliphatic carbocycles. The van der Waals surface area contributed by atoms with Crippen molar-refractivity contribution in [2.45, 2.75) is 13.0 Å². The van der Waals surface area contributed by atoms with Gasteiger partial charge in [-0.3, -0.25) is 4.79 Å². The molecule has 0 aliphatic rings. The van der Waals surface area contributed by atoms with Gasteiger partial charge in [-0.1, -0.05) is 0 Å². The van der Waals surface area contributed by atoms with E-state index in [0.717, 1.165) is 0 Å². The first-order valence-corrected chi connectivity index (χ1v) is 2.78. The molecule has 0 fully saturated rings. The summed E-state index contributed by atoms with van der Waals surface area (Å²) < 4.78 is 4.66. The average Bonchev–Trinajstić information content (AvgIpc) is 1.82. The van der Waals surface area contributed by atoms with E-state index in [1.54, 1.807) is 0 Å². The molecule has 9 heavy (non-hydrogen) atoms. The molecule has 0 aromatic carbocycles. The Labute approximate surface area is 54.2 Å². The molecule has 54 valence electrons. The molecule has 0 saturated carbocycles. The second-order valence-electron chi connectivity index (χ2n) is 1.70. The van der Waals surface area contributed by atoms with Crippen LogP contribution in [-0.4, -0.2) is 25.2 Å². The Hall–Kier alpha value is -0.610. The van der Waals surface area contributed by atoms with Crippen LogP contribution < -0.4 is 11.5 Å². The fraction of sp³-hybridized carbons (Fsp3) is 0.800. The first-order valence-electron chi connectivity index (χ1n) is 2.78. The molecule has 4 nitrogen and oxygen atoms in total. The summed E-state index contributed by atoms with van der Waals surface area (Å²) >= 11 is 0. The van der Waals surface area contributed by atoms with Gasteiger partial charge >= 0.3 is 5.97 Å². The van der Waals surface area contributed by atoms with Crippen molar-refractivity contribution in [2.24, 2.45) is 11.5 Å². The molecule has 0 amide bonds. The number of rotatable bonds is 3. The Morgan fingerprint density at radius 1 is 1.56 bits per heavy atom. The SMILES string of the molecule is CC(=O)OC(CN)CN. The summed E-state index contributed by atoms with van der Waals surface area (Å²) in [5, 5.41) is 0. The minimum Gasteiger partial charge on any atom is -0.460 e. The summed E-state index contributed by atoms with van der Waals surface area (Å²) in [6, 6.07) is 0. The van der Waals surface area contributed by atoms with Gasteiger partial charge in [-0.15, -0.1) is 0 Å². The summed E-state index contributed by atoms with van der Waals surface area (Å²) in [7, 11) is 0. The minimum atomic E-state index is -0.337. The lowest BCUT2D eigenvalue weighted by Gasteiger charge is -2.10. The molecule has 0 rings (SSSR count). The van der Waals surface area contributed by atoms with Crippen molar-refractivity contribution in [1.82, 2.24) is 0 Å². The van der Waals surface area contributed by atoms with E-state index >= 15 is 0 Å². The highest BCUT2D eigenvalue weighted by atomic mass is 16.5.